The Bertz CT molecular complexity index is 528. The molecule has 0 unspecified atom stereocenters. The first-order chi connectivity index (χ1) is 8.74. The summed E-state index contributed by atoms with van der Waals surface area (Å²) in [5.74, 6) is 0.631. The second-order valence-electron chi connectivity index (χ2n) is 4.31. The smallest absolute Gasteiger partial charge is 0.218 e. The van der Waals surface area contributed by atoms with Crippen molar-refractivity contribution in [2.45, 2.75) is 19.5 Å². The molecule has 4 nitrogen and oxygen atoms in total. The Labute approximate surface area is 107 Å². The van der Waals surface area contributed by atoms with Gasteiger partial charge in [-0.1, -0.05) is 18.2 Å². The maximum atomic E-state index is 9.00. The van der Waals surface area contributed by atoms with Gasteiger partial charge >= 0.3 is 0 Å². The molecule has 1 heterocycles. The number of rotatable bonds is 5. The topological polar surface area (TPSA) is 54.4 Å². The lowest BCUT2D eigenvalue weighted by atomic mass is 10.1. The molecule has 0 radical (unpaired) electrons. The van der Waals surface area contributed by atoms with Crippen LogP contribution in [-0.2, 0) is 6.54 Å². The van der Waals surface area contributed by atoms with Crippen LogP contribution in [0.1, 0.15) is 12.5 Å². The van der Waals surface area contributed by atoms with Crippen LogP contribution in [0.5, 0.6) is 5.88 Å². The summed E-state index contributed by atoms with van der Waals surface area (Å²) < 4.78 is 5.31. The van der Waals surface area contributed by atoms with Crippen molar-refractivity contribution >= 4 is 10.9 Å². The maximum absolute atomic E-state index is 9.00. The Hall–Kier alpha value is -1.65. The Morgan fingerprint density at radius 3 is 2.89 bits per heavy atom. The lowest BCUT2D eigenvalue weighted by molar-refractivity contribution is 0.250. The lowest BCUT2D eigenvalue weighted by Crippen LogP contribution is -2.28. The van der Waals surface area contributed by atoms with Crippen LogP contribution < -0.4 is 10.1 Å². The molecule has 96 valence electrons. The predicted molar refractivity (Wildman–Crippen MR) is 71.7 cm³/mol. The van der Waals surface area contributed by atoms with Crippen LogP contribution >= 0.6 is 0 Å². The summed E-state index contributed by atoms with van der Waals surface area (Å²) in [4.78, 5) is 4.47. The fourth-order valence-corrected chi connectivity index (χ4v) is 1.79. The Kier molecular flexibility index (Phi) is 4.12. The third kappa shape index (κ3) is 2.78. The second-order valence-corrected chi connectivity index (χ2v) is 4.31. The Morgan fingerprint density at radius 2 is 2.17 bits per heavy atom. The molecule has 2 N–H and O–H groups in total. The normalized spacial score (nSPS) is 12.6. The SMILES string of the molecule is COc1nc2ccccc2cc1CN[C@H](C)CO. The molecule has 1 atom stereocenters. The molecule has 0 aliphatic rings. The molecular formula is C14H18N2O2. The predicted octanol–water partition coefficient (Wildman–Crippen LogP) is 1.71. The van der Waals surface area contributed by atoms with Crippen molar-refractivity contribution in [1.82, 2.24) is 10.3 Å². The largest absolute Gasteiger partial charge is 0.481 e. The molecule has 0 spiro atoms. The van der Waals surface area contributed by atoms with Gasteiger partial charge in [0.25, 0.3) is 0 Å². The molecule has 18 heavy (non-hydrogen) atoms. The van der Waals surface area contributed by atoms with E-state index in [0.717, 1.165) is 16.5 Å². The number of aliphatic hydroxyl groups is 1. The summed E-state index contributed by atoms with van der Waals surface area (Å²) in [5, 5.41) is 13.3. The summed E-state index contributed by atoms with van der Waals surface area (Å²) in [5.41, 5.74) is 1.92. The van der Waals surface area contributed by atoms with Crippen LogP contribution in [0.25, 0.3) is 10.9 Å². The van der Waals surface area contributed by atoms with Gasteiger partial charge in [-0.2, -0.15) is 0 Å². The van der Waals surface area contributed by atoms with E-state index < -0.39 is 0 Å². The first kappa shape index (κ1) is 12.8. The van der Waals surface area contributed by atoms with Gasteiger partial charge in [-0.05, 0) is 19.1 Å². The van der Waals surface area contributed by atoms with Gasteiger partial charge in [0.05, 0.1) is 19.2 Å². The average Bonchev–Trinajstić information content (AvgIpc) is 2.43. The highest BCUT2D eigenvalue weighted by Crippen LogP contribution is 2.21. The fraction of sp³-hybridized carbons (Fsp3) is 0.357. The molecule has 0 fully saturated rings. The Morgan fingerprint density at radius 1 is 1.39 bits per heavy atom. The van der Waals surface area contributed by atoms with Crippen LogP contribution in [0.15, 0.2) is 30.3 Å². The molecule has 0 bridgehead atoms. The van der Waals surface area contributed by atoms with E-state index in [9.17, 15) is 0 Å². The van der Waals surface area contributed by atoms with Crippen LogP contribution in [0.4, 0.5) is 0 Å². The van der Waals surface area contributed by atoms with Crippen molar-refractivity contribution in [2.24, 2.45) is 0 Å². The van der Waals surface area contributed by atoms with Crippen LogP contribution in [0.3, 0.4) is 0 Å². The molecule has 0 aliphatic heterocycles. The summed E-state index contributed by atoms with van der Waals surface area (Å²) in [6, 6.07) is 10.1. The van der Waals surface area contributed by atoms with E-state index >= 15 is 0 Å². The molecule has 0 amide bonds. The Balaban J connectivity index is 2.30. The summed E-state index contributed by atoms with van der Waals surface area (Å²) in [6.07, 6.45) is 0. The van der Waals surface area contributed by atoms with Crippen LogP contribution in [0, 0.1) is 0 Å². The van der Waals surface area contributed by atoms with Crippen molar-refractivity contribution in [1.29, 1.82) is 0 Å². The zero-order valence-electron chi connectivity index (χ0n) is 10.7. The number of benzene rings is 1. The standard InChI is InChI=1S/C14H18N2O2/c1-10(9-17)15-8-12-7-11-5-3-4-6-13(11)16-14(12)18-2/h3-7,10,15,17H,8-9H2,1-2H3/t10-/m1/s1. The minimum absolute atomic E-state index is 0.0566. The van der Waals surface area contributed by atoms with Crippen molar-refractivity contribution in [3.8, 4) is 5.88 Å². The number of hydrogen-bond donors (Lipinski definition) is 2. The first-order valence-electron chi connectivity index (χ1n) is 6.01. The molecule has 0 saturated carbocycles. The highest BCUT2D eigenvalue weighted by Gasteiger charge is 2.08. The van der Waals surface area contributed by atoms with Gasteiger partial charge in [-0.3, -0.25) is 0 Å². The highest BCUT2D eigenvalue weighted by molar-refractivity contribution is 5.80. The zero-order valence-corrected chi connectivity index (χ0v) is 10.7. The number of para-hydroxylation sites is 1. The van der Waals surface area contributed by atoms with Crippen LogP contribution in [0.2, 0.25) is 0 Å². The monoisotopic (exact) mass is 246 g/mol. The fourth-order valence-electron chi connectivity index (χ4n) is 1.79. The third-order valence-corrected chi connectivity index (χ3v) is 2.87. The number of aliphatic hydroxyl groups excluding tert-OH is 1. The van der Waals surface area contributed by atoms with Gasteiger partial charge < -0.3 is 15.2 Å². The summed E-state index contributed by atoms with van der Waals surface area (Å²) in [6.45, 7) is 2.67. The van der Waals surface area contributed by atoms with Gasteiger partial charge in [0, 0.05) is 23.5 Å². The van der Waals surface area contributed by atoms with Gasteiger partial charge in [0.15, 0.2) is 0 Å². The quantitative estimate of drug-likeness (QED) is 0.843. The van der Waals surface area contributed by atoms with Crippen molar-refractivity contribution in [3.63, 3.8) is 0 Å². The van der Waals surface area contributed by atoms with E-state index in [-0.39, 0.29) is 12.6 Å². The molecule has 0 saturated heterocycles. The number of methoxy groups -OCH3 is 1. The summed E-state index contributed by atoms with van der Waals surface area (Å²) >= 11 is 0. The molecule has 2 rings (SSSR count). The number of fused-ring (bicyclic) bond motifs is 1. The molecular weight excluding hydrogens is 228 g/mol. The average molecular weight is 246 g/mol. The van der Waals surface area contributed by atoms with E-state index in [1.165, 1.54) is 0 Å². The molecule has 2 aromatic rings. The van der Waals surface area contributed by atoms with Crippen molar-refractivity contribution < 1.29 is 9.84 Å². The van der Waals surface area contributed by atoms with Gasteiger partial charge in [-0.25, -0.2) is 4.98 Å². The van der Waals surface area contributed by atoms with E-state index in [4.69, 9.17) is 9.84 Å². The minimum atomic E-state index is 0.0566. The molecule has 0 aliphatic carbocycles. The van der Waals surface area contributed by atoms with E-state index in [2.05, 4.69) is 16.4 Å². The first-order valence-corrected chi connectivity index (χ1v) is 6.01. The number of hydrogen-bond acceptors (Lipinski definition) is 4. The summed E-state index contributed by atoms with van der Waals surface area (Å²) in [7, 11) is 1.62. The van der Waals surface area contributed by atoms with E-state index in [1.807, 2.05) is 31.2 Å². The van der Waals surface area contributed by atoms with E-state index in [0.29, 0.717) is 12.4 Å². The number of aromatic nitrogens is 1. The lowest BCUT2D eigenvalue weighted by Gasteiger charge is -2.13. The van der Waals surface area contributed by atoms with Crippen molar-refractivity contribution in [2.75, 3.05) is 13.7 Å². The highest BCUT2D eigenvalue weighted by atomic mass is 16.5. The third-order valence-electron chi connectivity index (χ3n) is 2.87. The van der Waals surface area contributed by atoms with Crippen molar-refractivity contribution in [3.05, 3.63) is 35.9 Å². The van der Waals surface area contributed by atoms with E-state index in [1.54, 1.807) is 7.11 Å². The number of nitrogens with one attached hydrogen (secondary N) is 1. The van der Waals surface area contributed by atoms with Gasteiger partial charge in [0.1, 0.15) is 0 Å². The number of nitrogens with zero attached hydrogens (tertiary/aromatic N) is 1. The minimum Gasteiger partial charge on any atom is -0.481 e. The second kappa shape index (κ2) is 5.80. The zero-order chi connectivity index (χ0) is 13.0. The molecule has 1 aromatic carbocycles. The maximum Gasteiger partial charge on any atom is 0.218 e. The number of pyridine rings is 1. The number of ether oxygens (including phenoxy) is 1. The van der Waals surface area contributed by atoms with Crippen LogP contribution in [-0.4, -0.2) is 29.8 Å². The molecule has 4 heteroatoms. The van der Waals surface area contributed by atoms with Gasteiger partial charge in [-0.15, -0.1) is 0 Å². The molecule has 1 aromatic heterocycles. The van der Waals surface area contributed by atoms with Gasteiger partial charge in [0.2, 0.25) is 5.88 Å².